The van der Waals surface area contributed by atoms with E-state index in [4.69, 9.17) is 83.1 Å². The highest BCUT2D eigenvalue weighted by atomic mass is 35.5. The summed E-state index contributed by atoms with van der Waals surface area (Å²) in [5.74, 6) is -0.755. The first-order valence-corrected chi connectivity index (χ1v) is 32.6. The molecular formula is C61H83ClF4N6O18S2. The van der Waals surface area contributed by atoms with Crippen molar-refractivity contribution >= 4 is 50.5 Å². The summed E-state index contributed by atoms with van der Waals surface area (Å²) in [6.07, 6.45) is -0.0741. The highest BCUT2D eigenvalue weighted by Crippen LogP contribution is 2.41. The van der Waals surface area contributed by atoms with Gasteiger partial charge in [-0.15, -0.1) is 10.2 Å². The predicted octanol–water partition coefficient (Wildman–Crippen LogP) is 8.31. The Hall–Kier alpha value is -5.65. The third-order valence-corrected chi connectivity index (χ3v) is 15.7. The quantitative estimate of drug-likeness (QED) is 0.0188. The van der Waals surface area contributed by atoms with Crippen molar-refractivity contribution in [1.82, 2.24) is 25.4 Å². The molecule has 3 N–H and O–H groups in total. The highest BCUT2D eigenvalue weighted by Gasteiger charge is 2.31. The van der Waals surface area contributed by atoms with Crippen LogP contribution in [0.2, 0.25) is 5.02 Å². The number of sulfonamides is 1. The number of piperidine rings is 1. The zero-order chi connectivity index (χ0) is 65.9. The summed E-state index contributed by atoms with van der Waals surface area (Å²) in [5, 5.41) is 17.2. The van der Waals surface area contributed by atoms with E-state index in [-0.39, 0.29) is 46.0 Å². The molecule has 24 nitrogen and oxygen atoms in total. The number of hydrogen-bond donors (Lipinski definition) is 3. The number of nitrogens with one attached hydrogen (secondary N) is 2. The second-order valence-corrected chi connectivity index (χ2v) is 22.8. The first-order valence-electron chi connectivity index (χ1n) is 29.9. The van der Waals surface area contributed by atoms with Crippen molar-refractivity contribution in [3.8, 4) is 33.8 Å². The molecule has 3 heterocycles. The van der Waals surface area contributed by atoms with Crippen LogP contribution in [0.25, 0.3) is 22.3 Å². The van der Waals surface area contributed by atoms with Gasteiger partial charge in [-0.05, 0) is 90.9 Å². The van der Waals surface area contributed by atoms with E-state index < -0.39 is 32.5 Å². The first-order chi connectivity index (χ1) is 44.7. The molecule has 92 heavy (non-hydrogen) atoms. The van der Waals surface area contributed by atoms with Gasteiger partial charge in [-0.1, -0.05) is 41.1 Å². The van der Waals surface area contributed by atoms with Gasteiger partial charge in [-0.25, -0.2) is 12.8 Å². The third kappa shape index (κ3) is 31.1. The average Bonchev–Trinajstić information content (AvgIpc) is 0.869. The Morgan fingerprint density at radius 3 is 1.70 bits per heavy atom. The summed E-state index contributed by atoms with van der Waals surface area (Å²) in [6, 6.07) is 14.9. The Balaban J connectivity index is 0.00000502. The molecule has 0 radical (unpaired) electrons. The highest BCUT2D eigenvalue weighted by molar-refractivity contribution is 7.93. The van der Waals surface area contributed by atoms with Crippen LogP contribution in [-0.2, 0) is 89.2 Å². The number of pyridine rings is 1. The van der Waals surface area contributed by atoms with Crippen molar-refractivity contribution in [1.29, 1.82) is 0 Å². The maximum atomic E-state index is 15.5. The number of ether oxygens (including phenoxy) is 13. The van der Waals surface area contributed by atoms with E-state index >= 15 is 4.39 Å². The van der Waals surface area contributed by atoms with E-state index in [0.717, 1.165) is 54.9 Å². The van der Waals surface area contributed by atoms with Gasteiger partial charge in [0, 0.05) is 44.6 Å². The molecule has 512 valence electrons. The van der Waals surface area contributed by atoms with E-state index in [2.05, 4.69) is 25.2 Å². The molecule has 0 spiro atoms. The number of anilines is 1. The van der Waals surface area contributed by atoms with Crippen LogP contribution in [0, 0.1) is 11.7 Å². The molecule has 3 aromatic carbocycles. The number of carbonyl (C=O) groups is 2. The summed E-state index contributed by atoms with van der Waals surface area (Å²) in [6.45, 7) is 12.8. The molecule has 1 aliphatic heterocycles. The van der Waals surface area contributed by atoms with Crippen molar-refractivity contribution in [2.24, 2.45) is 5.92 Å². The number of benzene rings is 3. The Morgan fingerprint density at radius 1 is 0.685 bits per heavy atom. The third-order valence-electron chi connectivity index (χ3n) is 13.3. The number of likely N-dealkylation sites (tertiary alicyclic amines) is 1. The Labute approximate surface area is 542 Å². The van der Waals surface area contributed by atoms with Crippen molar-refractivity contribution in [3.05, 3.63) is 101 Å². The van der Waals surface area contributed by atoms with Gasteiger partial charge in [0.2, 0.25) is 11.0 Å². The lowest BCUT2D eigenvalue weighted by molar-refractivity contribution is -0.137. The minimum Gasteiger partial charge on any atom is -0.483 e. The molecule has 0 unspecified atom stereocenters. The predicted molar refractivity (Wildman–Crippen MR) is 332 cm³/mol. The van der Waals surface area contributed by atoms with Crippen molar-refractivity contribution < 1.29 is 102 Å². The molecule has 31 heteroatoms. The minimum absolute atomic E-state index is 0.0564. The molecule has 1 fully saturated rings. The van der Waals surface area contributed by atoms with Crippen molar-refractivity contribution in [2.45, 2.75) is 43.3 Å². The van der Waals surface area contributed by atoms with Gasteiger partial charge in [-0.3, -0.25) is 19.3 Å². The fourth-order valence-corrected chi connectivity index (χ4v) is 10.7. The summed E-state index contributed by atoms with van der Waals surface area (Å²) < 4.78 is 157. The molecule has 1 saturated heterocycles. The molecule has 1 aliphatic rings. The Morgan fingerprint density at radius 2 is 1.20 bits per heavy atom. The summed E-state index contributed by atoms with van der Waals surface area (Å²) in [4.78, 5) is 27.0. The summed E-state index contributed by atoms with van der Waals surface area (Å²) in [5.41, 5.74) is 2.85. The number of halogens is 5. The van der Waals surface area contributed by atoms with Crippen molar-refractivity contribution in [3.63, 3.8) is 0 Å². The van der Waals surface area contributed by atoms with Crippen LogP contribution in [0.4, 0.5) is 22.7 Å². The topological polar surface area (TPSA) is 274 Å². The van der Waals surface area contributed by atoms with Gasteiger partial charge >= 0.3 is 6.18 Å². The average molecular weight is 1360 g/mol. The second kappa shape index (κ2) is 45.6. The van der Waals surface area contributed by atoms with E-state index in [0.29, 0.717) is 206 Å². The standard InChI is InChI=1S/C60H81ClF4N6O16S2.CH2O2/c1-75-17-18-77-21-22-79-25-26-81-29-30-83-33-34-85-37-38-86-36-35-84-32-31-82-28-27-80-24-23-78-20-19-76-16-11-58(72)71-14-9-46(10-15-71)7-12-66-44-51-40-49(8-13-67-51)52-41-48(47-3-2-4-50(39-47)60(63,64)65)5-6-55(52)87-56-43-54(62)57(42-53(56)61)89(73,74)70-59-69-68-45-88-59;2-1-3/h2-6,8,13,39-43,45-46,66H,7,9-12,14-38,44H2,1H3,(H,69,70);1H,(H,2,3). The maximum Gasteiger partial charge on any atom is 0.416 e. The molecule has 0 aliphatic carbocycles. The molecule has 6 rings (SSSR count). The number of amides is 1. The zero-order valence-electron chi connectivity index (χ0n) is 51.5. The molecule has 0 atom stereocenters. The number of aromatic nitrogens is 3. The number of hydrogen-bond acceptors (Lipinski definition) is 22. The fraction of sp³-hybridized carbons (Fsp3) is 0.557. The minimum atomic E-state index is -4.58. The monoisotopic (exact) mass is 1360 g/mol. The molecule has 0 saturated carbocycles. The van der Waals surface area contributed by atoms with Crippen LogP contribution in [0.3, 0.4) is 0 Å². The number of carboxylic acid groups (broad SMARTS) is 1. The normalized spacial score (nSPS) is 12.9. The smallest absolute Gasteiger partial charge is 0.416 e. The molecule has 1 amide bonds. The van der Waals surface area contributed by atoms with Gasteiger partial charge < -0.3 is 76.9 Å². The molecule has 5 aromatic rings. The summed E-state index contributed by atoms with van der Waals surface area (Å²) in [7, 11) is -2.82. The van der Waals surface area contributed by atoms with E-state index in [1.807, 2.05) is 4.90 Å². The molecular weight excluding hydrogens is 1280 g/mol. The number of nitrogens with zero attached hydrogens (tertiary/aromatic N) is 4. The van der Waals surface area contributed by atoms with Crippen LogP contribution in [0.1, 0.15) is 36.9 Å². The number of rotatable bonds is 48. The van der Waals surface area contributed by atoms with Gasteiger partial charge in [0.05, 0.1) is 175 Å². The largest absolute Gasteiger partial charge is 0.483 e. The SMILES string of the molecule is COCCOCCOCCOCCOCCOCCOCCOCCOCCOCCOCCOCCC(=O)N1CCC(CCNCc2cc(-c3cc(-c4cccc(C(F)(F)F)c4)ccc3Oc3cc(F)c(S(=O)(=O)Nc4nncs4)cc3Cl)ccn2)CC1.O=CO. The van der Waals surface area contributed by atoms with Gasteiger partial charge in [0.15, 0.2) is 0 Å². The van der Waals surface area contributed by atoms with E-state index in [1.54, 1.807) is 43.6 Å². The molecule has 0 bridgehead atoms. The number of alkyl halides is 3. The van der Waals surface area contributed by atoms with Crippen molar-refractivity contribution in [2.75, 3.05) is 183 Å². The number of methoxy groups -OCH3 is 1. The van der Waals surface area contributed by atoms with Gasteiger partial charge in [0.1, 0.15) is 27.7 Å². The van der Waals surface area contributed by atoms with Crippen LogP contribution in [-0.4, -0.2) is 225 Å². The summed E-state index contributed by atoms with van der Waals surface area (Å²) >= 11 is 7.41. The first kappa shape index (κ1) is 77.1. The number of carbonyl (C=O) groups excluding carboxylic acids is 1. The van der Waals surface area contributed by atoms with Crippen LogP contribution in [0.5, 0.6) is 11.5 Å². The van der Waals surface area contributed by atoms with E-state index in [9.17, 15) is 26.4 Å². The Bertz CT molecular complexity index is 2940. The fourth-order valence-electron chi connectivity index (χ4n) is 8.70. The van der Waals surface area contributed by atoms with Gasteiger partial charge in [-0.2, -0.15) is 13.2 Å². The lowest BCUT2D eigenvalue weighted by atomic mass is 9.93. The van der Waals surface area contributed by atoms with Crippen LogP contribution in [0.15, 0.2) is 83.3 Å². The van der Waals surface area contributed by atoms with Crippen LogP contribution < -0.4 is 14.8 Å². The lowest BCUT2D eigenvalue weighted by Gasteiger charge is -2.32. The zero-order valence-corrected chi connectivity index (χ0v) is 53.9. The maximum absolute atomic E-state index is 15.5. The van der Waals surface area contributed by atoms with E-state index in [1.165, 1.54) is 17.6 Å². The lowest BCUT2D eigenvalue weighted by Crippen LogP contribution is -2.39. The Kier molecular flexibility index (Phi) is 38.2. The second-order valence-electron chi connectivity index (χ2n) is 19.9. The van der Waals surface area contributed by atoms with Gasteiger partial charge in [0.25, 0.3) is 16.5 Å². The van der Waals surface area contributed by atoms with Crippen LogP contribution >= 0.6 is 22.9 Å². The molecule has 2 aromatic heterocycles.